The number of aliphatic carboxylic acids is 1. The first-order valence-corrected chi connectivity index (χ1v) is 5.17. The van der Waals surface area contributed by atoms with E-state index in [2.05, 4.69) is 4.98 Å². The topological polar surface area (TPSA) is 94.3 Å². The van der Waals surface area contributed by atoms with E-state index >= 15 is 0 Å². The van der Waals surface area contributed by atoms with E-state index in [1.807, 2.05) is 0 Å². The fraction of sp³-hybridized carbons (Fsp3) is 0.273. The van der Waals surface area contributed by atoms with Crippen LogP contribution in [-0.4, -0.2) is 46.1 Å². The lowest BCUT2D eigenvalue weighted by molar-refractivity contribution is -0.149. The molecule has 0 aliphatic rings. The summed E-state index contributed by atoms with van der Waals surface area (Å²) in [5.74, 6) is -2.74. The second-order valence-corrected chi connectivity index (χ2v) is 3.71. The smallest absolute Gasteiger partial charge is 0.406 e. The molecule has 1 rings (SSSR count). The Kier molecular flexibility index (Phi) is 4.63. The highest BCUT2D eigenvalue weighted by molar-refractivity contribution is 5.94. The predicted molar refractivity (Wildman–Crippen MR) is 58.5 cm³/mol. The molecule has 0 fully saturated rings. The quantitative estimate of drug-likeness (QED) is 0.893. The van der Waals surface area contributed by atoms with E-state index in [4.69, 9.17) is 10.4 Å². The van der Waals surface area contributed by atoms with E-state index in [1.54, 1.807) is 6.07 Å². The van der Waals surface area contributed by atoms with Crippen molar-refractivity contribution in [3.63, 3.8) is 0 Å². The van der Waals surface area contributed by atoms with Gasteiger partial charge in [0, 0.05) is 6.20 Å². The maximum absolute atomic E-state index is 12.3. The highest BCUT2D eigenvalue weighted by Crippen LogP contribution is 2.17. The third-order valence-corrected chi connectivity index (χ3v) is 2.10. The lowest BCUT2D eigenvalue weighted by Crippen LogP contribution is -2.42. The van der Waals surface area contributed by atoms with Gasteiger partial charge in [-0.2, -0.15) is 18.4 Å². The number of carbonyl (C=O) groups excluding carboxylic acids is 1. The molecule has 0 atom stereocenters. The number of carbonyl (C=O) groups is 2. The Hall–Kier alpha value is -2.63. The summed E-state index contributed by atoms with van der Waals surface area (Å²) in [6, 6.07) is 3.99. The van der Waals surface area contributed by atoms with Crippen molar-refractivity contribution >= 4 is 11.9 Å². The molecule has 1 amide bonds. The average Bonchev–Trinajstić information content (AvgIpc) is 2.35. The first-order chi connectivity index (χ1) is 9.23. The van der Waals surface area contributed by atoms with Crippen LogP contribution >= 0.6 is 0 Å². The number of carboxylic acids is 1. The number of halogens is 3. The Morgan fingerprint density at radius 1 is 1.40 bits per heavy atom. The number of nitriles is 1. The molecule has 0 aliphatic carbocycles. The van der Waals surface area contributed by atoms with Crippen molar-refractivity contribution in [1.82, 2.24) is 9.88 Å². The lowest BCUT2D eigenvalue weighted by Gasteiger charge is -2.21. The molecule has 0 saturated carbocycles. The number of aromatic nitrogens is 1. The molecule has 0 radical (unpaired) electrons. The number of hydrogen-bond acceptors (Lipinski definition) is 4. The molecule has 0 saturated heterocycles. The summed E-state index contributed by atoms with van der Waals surface area (Å²) in [6.07, 6.45) is -3.71. The third kappa shape index (κ3) is 4.56. The molecule has 9 heteroatoms. The van der Waals surface area contributed by atoms with Crippen LogP contribution in [0.1, 0.15) is 16.1 Å². The molecule has 0 unspecified atom stereocenters. The van der Waals surface area contributed by atoms with Crippen molar-refractivity contribution in [3.05, 3.63) is 29.6 Å². The highest BCUT2D eigenvalue weighted by atomic mass is 19.4. The van der Waals surface area contributed by atoms with Crippen LogP contribution < -0.4 is 0 Å². The van der Waals surface area contributed by atoms with E-state index in [1.165, 1.54) is 6.07 Å². The number of amides is 1. The maximum Gasteiger partial charge on any atom is 0.406 e. The Bertz CT molecular complexity index is 549. The first-order valence-electron chi connectivity index (χ1n) is 5.17. The highest BCUT2D eigenvalue weighted by Gasteiger charge is 2.34. The van der Waals surface area contributed by atoms with Crippen molar-refractivity contribution < 1.29 is 27.9 Å². The van der Waals surface area contributed by atoms with Crippen molar-refractivity contribution in [1.29, 1.82) is 5.26 Å². The van der Waals surface area contributed by atoms with Gasteiger partial charge in [0.2, 0.25) is 0 Å². The number of alkyl halides is 3. The summed E-state index contributed by atoms with van der Waals surface area (Å²) < 4.78 is 36.9. The summed E-state index contributed by atoms with van der Waals surface area (Å²) in [6.45, 7) is -2.79. The number of hydrogen-bond donors (Lipinski definition) is 1. The van der Waals surface area contributed by atoms with Crippen LogP contribution in [0.5, 0.6) is 0 Å². The molecular weight excluding hydrogens is 279 g/mol. The normalized spacial score (nSPS) is 10.7. The number of carboxylic acid groups (broad SMARTS) is 1. The molecule has 0 spiro atoms. The van der Waals surface area contributed by atoms with Gasteiger partial charge >= 0.3 is 12.1 Å². The molecule has 0 bridgehead atoms. The zero-order valence-corrected chi connectivity index (χ0v) is 9.89. The summed E-state index contributed by atoms with van der Waals surface area (Å²) in [4.78, 5) is 25.9. The minimum atomic E-state index is -4.72. The standard InChI is InChI=1S/C11H8F3N3O3/c12-11(13,14)6-17(5-9(18)19)10(20)8-2-1-7(3-15)4-16-8/h1-2,4H,5-6H2,(H,18,19). The van der Waals surface area contributed by atoms with E-state index in [0.717, 1.165) is 12.3 Å². The largest absolute Gasteiger partial charge is 0.480 e. The third-order valence-electron chi connectivity index (χ3n) is 2.10. The second-order valence-electron chi connectivity index (χ2n) is 3.71. The van der Waals surface area contributed by atoms with Crippen LogP contribution in [0.25, 0.3) is 0 Å². The van der Waals surface area contributed by atoms with Gasteiger partial charge in [-0.25, -0.2) is 4.98 Å². The molecule has 6 nitrogen and oxygen atoms in total. The Labute approximate surface area is 111 Å². The Morgan fingerprint density at radius 2 is 2.05 bits per heavy atom. The summed E-state index contributed by atoms with van der Waals surface area (Å²) in [5.41, 5.74) is -0.239. The zero-order chi connectivity index (χ0) is 15.3. The van der Waals surface area contributed by atoms with Crippen LogP contribution in [-0.2, 0) is 4.79 Å². The van der Waals surface area contributed by atoms with Crippen LogP contribution in [0.4, 0.5) is 13.2 Å². The van der Waals surface area contributed by atoms with Crippen LogP contribution in [0.15, 0.2) is 18.3 Å². The van der Waals surface area contributed by atoms with E-state index in [-0.39, 0.29) is 16.2 Å². The Balaban J connectivity index is 2.97. The van der Waals surface area contributed by atoms with Gasteiger partial charge in [0.1, 0.15) is 24.9 Å². The van der Waals surface area contributed by atoms with Gasteiger partial charge in [-0.15, -0.1) is 0 Å². The fourth-order valence-electron chi connectivity index (χ4n) is 1.33. The number of pyridine rings is 1. The average molecular weight is 287 g/mol. The number of rotatable bonds is 4. The van der Waals surface area contributed by atoms with Crippen molar-refractivity contribution in [2.24, 2.45) is 0 Å². The van der Waals surface area contributed by atoms with Gasteiger partial charge in [-0.1, -0.05) is 0 Å². The molecule has 1 heterocycles. The lowest BCUT2D eigenvalue weighted by atomic mass is 10.2. The summed E-state index contributed by atoms with van der Waals surface area (Å²) in [5, 5.41) is 17.1. The molecule has 1 aromatic rings. The minimum Gasteiger partial charge on any atom is -0.480 e. The predicted octanol–water partition coefficient (Wildman–Crippen LogP) is 1.04. The van der Waals surface area contributed by atoms with E-state index < -0.39 is 31.1 Å². The van der Waals surface area contributed by atoms with Gasteiger partial charge < -0.3 is 10.0 Å². The molecule has 0 aliphatic heterocycles. The molecule has 106 valence electrons. The minimum absolute atomic E-state index is 0.122. The molecule has 20 heavy (non-hydrogen) atoms. The second kappa shape index (κ2) is 6.01. The Morgan fingerprint density at radius 3 is 2.45 bits per heavy atom. The van der Waals surface area contributed by atoms with E-state index in [9.17, 15) is 22.8 Å². The molecule has 1 aromatic heterocycles. The van der Waals surface area contributed by atoms with Crippen molar-refractivity contribution in [2.45, 2.75) is 6.18 Å². The molecule has 0 aromatic carbocycles. The van der Waals surface area contributed by atoms with Crippen LogP contribution in [0.3, 0.4) is 0 Å². The summed E-state index contributed by atoms with van der Waals surface area (Å²) >= 11 is 0. The zero-order valence-electron chi connectivity index (χ0n) is 9.89. The van der Waals surface area contributed by atoms with Crippen LogP contribution in [0, 0.1) is 11.3 Å². The van der Waals surface area contributed by atoms with Gasteiger partial charge in [-0.05, 0) is 12.1 Å². The SMILES string of the molecule is N#Cc1ccc(C(=O)N(CC(=O)O)CC(F)(F)F)nc1. The maximum atomic E-state index is 12.3. The van der Waals surface area contributed by atoms with Gasteiger partial charge in [0.05, 0.1) is 5.56 Å². The molecule has 1 N–H and O–H groups in total. The first kappa shape index (κ1) is 15.4. The van der Waals surface area contributed by atoms with Crippen molar-refractivity contribution in [3.8, 4) is 6.07 Å². The van der Waals surface area contributed by atoms with Gasteiger partial charge in [-0.3, -0.25) is 9.59 Å². The summed E-state index contributed by atoms with van der Waals surface area (Å²) in [7, 11) is 0. The molecular formula is C11H8F3N3O3. The van der Waals surface area contributed by atoms with Crippen LogP contribution in [0.2, 0.25) is 0 Å². The number of nitrogens with zero attached hydrogens (tertiary/aromatic N) is 3. The van der Waals surface area contributed by atoms with Gasteiger partial charge in [0.15, 0.2) is 0 Å². The van der Waals surface area contributed by atoms with E-state index in [0.29, 0.717) is 0 Å². The van der Waals surface area contributed by atoms with Crippen molar-refractivity contribution in [2.75, 3.05) is 13.1 Å². The fourth-order valence-corrected chi connectivity index (χ4v) is 1.33. The van der Waals surface area contributed by atoms with Gasteiger partial charge in [0.25, 0.3) is 5.91 Å². The monoisotopic (exact) mass is 287 g/mol.